The standard InChI is InChI=1S/C11H17N3OS2/c1-7(12)11-14-9(6-17-11)10(15)13-5-8-3-2-4-16-8/h6-8H,2-5,12H2,1H3,(H,13,15). The van der Waals surface area contributed by atoms with Gasteiger partial charge in [0.25, 0.3) is 5.91 Å². The van der Waals surface area contributed by atoms with Crippen LogP contribution in [0.5, 0.6) is 0 Å². The molecular formula is C11H17N3OS2. The molecule has 0 spiro atoms. The van der Waals surface area contributed by atoms with Crippen LogP contribution in [-0.2, 0) is 0 Å². The van der Waals surface area contributed by atoms with Crippen LogP contribution in [0.4, 0.5) is 0 Å². The Balaban J connectivity index is 1.85. The van der Waals surface area contributed by atoms with Crippen LogP contribution in [0.1, 0.15) is 41.3 Å². The first kappa shape index (κ1) is 12.9. The van der Waals surface area contributed by atoms with Gasteiger partial charge in [-0.15, -0.1) is 11.3 Å². The Kier molecular flexibility index (Phi) is 4.42. The molecule has 1 saturated heterocycles. The molecular weight excluding hydrogens is 254 g/mol. The number of carbonyl (C=O) groups excluding carboxylic acids is 1. The third kappa shape index (κ3) is 3.43. The first-order valence-corrected chi connectivity index (χ1v) is 7.70. The quantitative estimate of drug-likeness (QED) is 0.876. The summed E-state index contributed by atoms with van der Waals surface area (Å²) in [6, 6.07) is -0.105. The minimum absolute atomic E-state index is 0.0827. The van der Waals surface area contributed by atoms with Gasteiger partial charge in [0.1, 0.15) is 10.7 Å². The Morgan fingerprint density at radius 3 is 3.18 bits per heavy atom. The zero-order chi connectivity index (χ0) is 12.3. The van der Waals surface area contributed by atoms with E-state index >= 15 is 0 Å². The average Bonchev–Trinajstić information content (AvgIpc) is 2.96. The molecule has 3 N–H and O–H groups in total. The van der Waals surface area contributed by atoms with Crippen LogP contribution in [0.15, 0.2) is 5.38 Å². The van der Waals surface area contributed by atoms with Gasteiger partial charge in [0.05, 0.1) is 6.04 Å². The molecule has 2 unspecified atom stereocenters. The van der Waals surface area contributed by atoms with E-state index in [1.807, 2.05) is 18.7 Å². The van der Waals surface area contributed by atoms with Gasteiger partial charge in [-0.1, -0.05) is 0 Å². The van der Waals surface area contributed by atoms with Gasteiger partial charge in [-0.25, -0.2) is 4.98 Å². The van der Waals surface area contributed by atoms with Crippen molar-refractivity contribution in [3.63, 3.8) is 0 Å². The number of aromatic nitrogens is 1. The molecule has 4 nitrogen and oxygen atoms in total. The second-order valence-corrected chi connectivity index (χ2v) is 6.50. The summed E-state index contributed by atoms with van der Waals surface area (Å²) in [4.78, 5) is 16.0. The Hall–Kier alpha value is -0.590. The van der Waals surface area contributed by atoms with E-state index in [0.29, 0.717) is 10.9 Å². The molecule has 1 aromatic rings. The fraction of sp³-hybridized carbons (Fsp3) is 0.636. The third-order valence-electron chi connectivity index (χ3n) is 2.66. The van der Waals surface area contributed by atoms with Crippen LogP contribution < -0.4 is 11.1 Å². The molecule has 2 heterocycles. The SMILES string of the molecule is CC(N)c1nc(C(=O)NCC2CCCS2)cs1. The lowest BCUT2D eigenvalue weighted by Crippen LogP contribution is -2.30. The van der Waals surface area contributed by atoms with Crippen molar-refractivity contribution in [1.29, 1.82) is 0 Å². The minimum Gasteiger partial charge on any atom is -0.350 e. The van der Waals surface area contributed by atoms with Gasteiger partial charge in [-0.05, 0) is 25.5 Å². The van der Waals surface area contributed by atoms with Crippen LogP contribution >= 0.6 is 23.1 Å². The van der Waals surface area contributed by atoms with Crippen LogP contribution in [0.3, 0.4) is 0 Å². The van der Waals surface area contributed by atoms with Gasteiger partial charge in [-0.2, -0.15) is 11.8 Å². The summed E-state index contributed by atoms with van der Waals surface area (Å²) in [6.07, 6.45) is 2.46. The second kappa shape index (κ2) is 5.84. The molecule has 94 valence electrons. The van der Waals surface area contributed by atoms with E-state index in [9.17, 15) is 4.79 Å². The monoisotopic (exact) mass is 271 g/mol. The minimum atomic E-state index is -0.105. The van der Waals surface area contributed by atoms with Crippen molar-refractivity contribution in [3.8, 4) is 0 Å². The van der Waals surface area contributed by atoms with Crippen molar-refractivity contribution in [2.45, 2.75) is 31.1 Å². The van der Waals surface area contributed by atoms with Gasteiger partial charge in [-0.3, -0.25) is 4.79 Å². The molecule has 2 rings (SSSR count). The van der Waals surface area contributed by atoms with Crippen LogP contribution in [0.25, 0.3) is 0 Å². The summed E-state index contributed by atoms with van der Waals surface area (Å²) in [5, 5.41) is 6.10. The highest BCUT2D eigenvalue weighted by atomic mass is 32.2. The number of carbonyl (C=O) groups is 1. The normalized spacial score (nSPS) is 21.4. The maximum atomic E-state index is 11.8. The molecule has 1 amide bonds. The molecule has 0 bridgehead atoms. The molecule has 1 fully saturated rings. The highest BCUT2D eigenvalue weighted by molar-refractivity contribution is 8.00. The van der Waals surface area contributed by atoms with Gasteiger partial charge >= 0.3 is 0 Å². The van der Waals surface area contributed by atoms with Crippen molar-refractivity contribution in [1.82, 2.24) is 10.3 Å². The number of hydrogen-bond acceptors (Lipinski definition) is 5. The number of amides is 1. The predicted molar refractivity (Wildman–Crippen MR) is 72.5 cm³/mol. The lowest BCUT2D eigenvalue weighted by Gasteiger charge is -2.08. The van der Waals surface area contributed by atoms with E-state index in [-0.39, 0.29) is 11.9 Å². The van der Waals surface area contributed by atoms with Crippen LogP contribution in [-0.4, -0.2) is 28.4 Å². The number of nitrogens with zero attached hydrogens (tertiary/aromatic N) is 1. The Morgan fingerprint density at radius 1 is 1.76 bits per heavy atom. The van der Waals surface area contributed by atoms with Gasteiger partial charge in [0.15, 0.2) is 0 Å². The molecule has 1 aliphatic heterocycles. The number of thiazole rings is 1. The van der Waals surface area contributed by atoms with Crippen LogP contribution in [0.2, 0.25) is 0 Å². The molecule has 0 aromatic carbocycles. The summed E-state index contributed by atoms with van der Waals surface area (Å²) in [7, 11) is 0. The Bertz CT molecular complexity index is 386. The smallest absolute Gasteiger partial charge is 0.270 e. The van der Waals surface area contributed by atoms with E-state index in [1.165, 1.54) is 29.9 Å². The molecule has 6 heteroatoms. The van der Waals surface area contributed by atoms with Crippen LogP contribution in [0, 0.1) is 0 Å². The third-order valence-corrected chi connectivity index (χ3v) is 5.10. The fourth-order valence-electron chi connectivity index (χ4n) is 1.70. The van der Waals surface area contributed by atoms with Crippen molar-refractivity contribution in [2.24, 2.45) is 5.73 Å². The van der Waals surface area contributed by atoms with Crippen molar-refractivity contribution >= 4 is 29.0 Å². The number of hydrogen-bond donors (Lipinski definition) is 2. The number of thioether (sulfide) groups is 1. The summed E-state index contributed by atoms with van der Waals surface area (Å²) < 4.78 is 0. The maximum absolute atomic E-state index is 11.8. The molecule has 2 atom stereocenters. The zero-order valence-electron chi connectivity index (χ0n) is 9.81. The molecule has 0 radical (unpaired) electrons. The first-order valence-electron chi connectivity index (χ1n) is 5.77. The lowest BCUT2D eigenvalue weighted by atomic mass is 10.2. The topological polar surface area (TPSA) is 68.0 Å². The zero-order valence-corrected chi connectivity index (χ0v) is 11.4. The predicted octanol–water partition coefficient (Wildman–Crippen LogP) is 1.79. The lowest BCUT2D eigenvalue weighted by molar-refractivity contribution is 0.0949. The molecule has 17 heavy (non-hydrogen) atoms. The number of rotatable bonds is 4. The average molecular weight is 271 g/mol. The first-order chi connectivity index (χ1) is 8.16. The second-order valence-electron chi connectivity index (χ2n) is 4.20. The van der Waals surface area contributed by atoms with Gasteiger partial charge < -0.3 is 11.1 Å². The largest absolute Gasteiger partial charge is 0.350 e. The van der Waals surface area contributed by atoms with Crippen molar-refractivity contribution < 1.29 is 4.79 Å². The fourth-order valence-corrected chi connectivity index (χ4v) is 3.66. The van der Waals surface area contributed by atoms with Crippen molar-refractivity contribution in [2.75, 3.05) is 12.3 Å². The highest BCUT2D eigenvalue weighted by Gasteiger charge is 2.18. The van der Waals surface area contributed by atoms with Gasteiger partial charge in [0.2, 0.25) is 0 Å². The van der Waals surface area contributed by atoms with Gasteiger partial charge in [0, 0.05) is 17.2 Å². The summed E-state index contributed by atoms with van der Waals surface area (Å²) in [6.45, 7) is 2.62. The van der Waals surface area contributed by atoms with E-state index in [4.69, 9.17) is 5.73 Å². The summed E-state index contributed by atoms with van der Waals surface area (Å²) in [5.74, 6) is 1.13. The highest BCUT2D eigenvalue weighted by Crippen LogP contribution is 2.25. The maximum Gasteiger partial charge on any atom is 0.270 e. The van der Waals surface area contributed by atoms with Crippen molar-refractivity contribution in [3.05, 3.63) is 16.1 Å². The molecule has 1 aromatic heterocycles. The Morgan fingerprint density at radius 2 is 2.59 bits per heavy atom. The van der Waals surface area contributed by atoms with E-state index in [0.717, 1.165) is 11.6 Å². The van der Waals surface area contributed by atoms with E-state index in [2.05, 4.69) is 10.3 Å². The number of nitrogens with two attached hydrogens (primary N) is 1. The summed E-state index contributed by atoms with van der Waals surface area (Å²) >= 11 is 3.38. The molecule has 1 aliphatic rings. The van der Waals surface area contributed by atoms with E-state index in [1.54, 1.807) is 5.38 Å². The number of nitrogens with one attached hydrogen (secondary N) is 1. The summed E-state index contributed by atoms with van der Waals surface area (Å²) in [5.41, 5.74) is 6.20. The molecule has 0 aliphatic carbocycles. The Labute approximate surface area is 109 Å². The molecule has 0 saturated carbocycles. The van der Waals surface area contributed by atoms with E-state index < -0.39 is 0 Å².